The van der Waals surface area contributed by atoms with Gasteiger partial charge in [-0.1, -0.05) is 13.3 Å². The summed E-state index contributed by atoms with van der Waals surface area (Å²) < 4.78 is 0. The summed E-state index contributed by atoms with van der Waals surface area (Å²) in [4.78, 5) is 6.54. The van der Waals surface area contributed by atoms with Gasteiger partial charge >= 0.3 is 0 Å². The zero-order chi connectivity index (χ0) is 9.56. The summed E-state index contributed by atoms with van der Waals surface area (Å²) in [6.07, 6.45) is 3.59. The van der Waals surface area contributed by atoms with E-state index < -0.39 is 0 Å². The van der Waals surface area contributed by atoms with E-state index in [9.17, 15) is 0 Å². The summed E-state index contributed by atoms with van der Waals surface area (Å²) in [7, 11) is 3.99. The van der Waals surface area contributed by atoms with Crippen LogP contribution in [0.1, 0.15) is 40.0 Å². The lowest BCUT2D eigenvalue weighted by atomic mass is 10.2. The fraction of sp³-hybridized carbons (Fsp3) is 0.900. The van der Waals surface area contributed by atoms with Crippen LogP contribution in [0, 0.1) is 0 Å². The van der Waals surface area contributed by atoms with E-state index in [4.69, 9.17) is 0 Å². The van der Waals surface area contributed by atoms with Crippen molar-refractivity contribution in [2.24, 2.45) is 4.99 Å². The third-order valence-electron chi connectivity index (χ3n) is 2.19. The van der Waals surface area contributed by atoms with Gasteiger partial charge in [-0.25, -0.2) is 0 Å². The van der Waals surface area contributed by atoms with Crippen molar-refractivity contribution in [3.05, 3.63) is 0 Å². The lowest BCUT2D eigenvalue weighted by Gasteiger charge is -2.25. The molecule has 0 aliphatic heterocycles. The molecule has 2 heteroatoms. The van der Waals surface area contributed by atoms with E-state index in [2.05, 4.69) is 37.7 Å². The van der Waals surface area contributed by atoms with Gasteiger partial charge in [0.15, 0.2) is 0 Å². The van der Waals surface area contributed by atoms with E-state index in [1.807, 2.05) is 7.05 Å². The molecule has 0 fully saturated rings. The second kappa shape index (κ2) is 6.04. The zero-order valence-electron chi connectivity index (χ0n) is 9.09. The second-order valence-electron chi connectivity index (χ2n) is 3.45. The van der Waals surface area contributed by atoms with Crippen molar-refractivity contribution in [3.63, 3.8) is 0 Å². The maximum atomic E-state index is 4.29. The highest BCUT2D eigenvalue weighted by atomic mass is 15.2. The summed E-state index contributed by atoms with van der Waals surface area (Å²) >= 11 is 0. The van der Waals surface area contributed by atoms with Gasteiger partial charge in [0.25, 0.3) is 0 Å². The average molecular weight is 170 g/mol. The molecule has 0 saturated heterocycles. The SMILES string of the molecule is CCCC/C(=N/C)N(C)C(C)C. The second-order valence-corrected chi connectivity index (χ2v) is 3.45. The normalized spacial score (nSPS) is 12.3. The molecule has 0 heterocycles. The van der Waals surface area contributed by atoms with Crippen molar-refractivity contribution >= 4 is 5.84 Å². The maximum Gasteiger partial charge on any atom is 0.0985 e. The molecular weight excluding hydrogens is 148 g/mol. The molecule has 12 heavy (non-hydrogen) atoms. The summed E-state index contributed by atoms with van der Waals surface area (Å²) in [6.45, 7) is 6.59. The van der Waals surface area contributed by atoms with Crippen molar-refractivity contribution < 1.29 is 0 Å². The Bertz CT molecular complexity index is 139. The Labute approximate surface area is 76.7 Å². The van der Waals surface area contributed by atoms with Crippen LogP contribution in [0.25, 0.3) is 0 Å². The van der Waals surface area contributed by atoms with Crippen molar-refractivity contribution in [1.29, 1.82) is 0 Å². The van der Waals surface area contributed by atoms with Crippen LogP contribution in [-0.2, 0) is 0 Å². The molecule has 0 atom stereocenters. The van der Waals surface area contributed by atoms with Crippen LogP contribution < -0.4 is 0 Å². The van der Waals surface area contributed by atoms with Crippen molar-refractivity contribution in [3.8, 4) is 0 Å². The van der Waals surface area contributed by atoms with E-state index >= 15 is 0 Å². The predicted octanol–water partition coefficient (Wildman–Crippen LogP) is 2.55. The fourth-order valence-electron chi connectivity index (χ4n) is 1.08. The summed E-state index contributed by atoms with van der Waals surface area (Å²) in [6, 6.07) is 0.556. The first-order valence-corrected chi connectivity index (χ1v) is 4.82. The Morgan fingerprint density at radius 2 is 2.00 bits per heavy atom. The van der Waals surface area contributed by atoms with Crippen molar-refractivity contribution in [2.45, 2.75) is 46.1 Å². The minimum atomic E-state index is 0.556. The first kappa shape index (κ1) is 11.5. The maximum absolute atomic E-state index is 4.29. The predicted molar refractivity (Wildman–Crippen MR) is 55.8 cm³/mol. The largest absolute Gasteiger partial charge is 0.361 e. The van der Waals surface area contributed by atoms with Gasteiger partial charge in [0.05, 0.1) is 5.84 Å². The van der Waals surface area contributed by atoms with Crippen LogP contribution in [0.4, 0.5) is 0 Å². The molecule has 0 amide bonds. The van der Waals surface area contributed by atoms with Crippen LogP contribution in [-0.4, -0.2) is 30.9 Å². The van der Waals surface area contributed by atoms with Crippen LogP contribution >= 0.6 is 0 Å². The topological polar surface area (TPSA) is 15.6 Å². The Balaban J connectivity index is 3.98. The van der Waals surface area contributed by atoms with Gasteiger partial charge in [-0.2, -0.15) is 0 Å². The highest BCUT2D eigenvalue weighted by Crippen LogP contribution is 2.03. The lowest BCUT2D eigenvalue weighted by Crippen LogP contribution is -2.32. The number of nitrogens with zero attached hydrogens (tertiary/aromatic N) is 2. The number of hydrogen-bond donors (Lipinski definition) is 0. The van der Waals surface area contributed by atoms with Gasteiger partial charge < -0.3 is 4.90 Å². The highest BCUT2D eigenvalue weighted by molar-refractivity contribution is 5.82. The minimum Gasteiger partial charge on any atom is -0.361 e. The molecule has 0 aliphatic carbocycles. The van der Waals surface area contributed by atoms with Crippen LogP contribution in [0.15, 0.2) is 4.99 Å². The molecule has 72 valence electrons. The van der Waals surface area contributed by atoms with Gasteiger partial charge in [0.2, 0.25) is 0 Å². The average Bonchev–Trinajstić information content (AvgIpc) is 2.05. The molecule has 0 aromatic carbocycles. The summed E-state index contributed by atoms with van der Waals surface area (Å²) in [5, 5.41) is 0. The molecule has 2 nitrogen and oxygen atoms in total. The number of rotatable bonds is 4. The van der Waals surface area contributed by atoms with Gasteiger partial charge in [0, 0.05) is 26.6 Å². The third kappa shape index (κ3) is 3.74. The van der Waals surface area contributed by atoms with Crippen LogP contribution in [0.3, 0.4) is 0 Å². The summed E-state index contributed by atoms with van der Waals surface area (Å²) in [5.41, 5.74) is 0. The molecule has 0 unspecified atom stereocenters. The van der Waals surface area contributed by atoms with Gasteiger partial charge in [-0.05, 0) is 20.3 Å². The number of hydrogen-bond acceptors (Lipinski definition) is 1. The number of amidine groups is 1. The number of aliphatic imine (C=N–C) groups is 1. The smallest absolute Gasteiger partial charge is 0.0985 e. The zero-order valence-corrected chi connectivity index (χ0v) is 9.09. The standard InChI is InChI=1S/C10H22N2/c1-6-7-8-10(11-4)12(5)9(2)3/h9H,6-8H2,1-5H3/b11-10-. The summed E-state index contributed by atoms with van der Waals surface area (Å²) in [5.74, 6) is 1.23. The molecular formula is C10H22N2. The van der Waals surface area contributed by atoms with E-state index in [-0.39, 0.29) is 0 Å². The molecule has 0 aromatic heterocycles. The third-order valence-corrected chi connectivity index (χ3v) is 2.19. The molecule has 0 saturated carbocycles. The number of unbranched alkanes of at least 4 members (excludes halogenated alkanes) is 1. The Hall–Kier alpha value is -0.530. The van der Waals surface area contributed by atoms with Crippen LogP contribution in [0.2, 0.25) is 0 Å². The molecule has 0 aliphatic rings. The van der Waals surface area contributed by atoms with Crippen LogP contribution in [0.5, 0.6) is 0 Å². The molecule has 0 spiro atoms. The molecule has 0 aromatic rings. The Kier molecular flexibility index (Phi) is 5.77. The molecule has 0 N–H and O–H groups in total. The van der Waals surface area contributed by atoms with E-state index in [0.717, 1.165) is 6.42 Å². The minimum absolute atomic E-state index is 0.556. The van der Waals surface area contributed by atoms with Crippen molar-refractivity contribution in [1.82, 2.24) is 4.90 Å². The highest BCUT2D eigenvalue weighted by Gasteiger charge is 2.07. The first-order valence-electron chi connectivity index (χ1n) is 4.82. The van der Waals surface area contributed by atoms with Gasteiger partial charge in [0.1, 0.15) is 0 Å². The quantitative estimate of drug-likeness (QED) is 0.467. The van der Waals surface area contributed by atoms with Gasteiger partial charge in [-0.15, -0.1) is 0 Å². The lowest BCUT2D eigenvalue weighted by molar-refractivity contribution is 0.406. The Morgan fingerprint density at radius 1 is 1.42 bits per heavy atom. The molecule has 0 rings (SSSR count). The van der Waals surface area contributed by atoms with E-state index in [0.29, 0.717) is 6.04 Å². The first-order chi connectivity index (χ1) is 5.63. The van der Waals surface area contributed by atoms with E-state index in [1.54, 1.807) is 0 Å². The molecule has 0 bridgehead atoms. The van der Waals surface area contributed by atoms with Gasteiger partial charge in [-0.3, -0.25) is 4.99 Å². The van der Waals surface area contributed by atoms with E-state index in [1.165, 1.54) is 18.7 Å². The monoisotopic (exact) mass is 170 g/mol. The Morgan fingerprint density at radius 3 is 2.33 bits per heavy atom. The van der Waals surface area contributed by atoms with Crippen molar-refractivity contribution in [2.75, 3.05) is 14.1 Å². The molecule has 0 radical (unpaired) electrons. The fourth-order valence-corrected chi connectivity index (χ4v) is 1.08.